The molecular weight excluding hydrogens is 378 g/mol. The quantitative estimate of drug-likeness (QED) is 0.656. The van der Waals surface area contributed by atoms with Gasteiger partial charge in [0.1, 0.15) is 17.8 Å². The Kier molecular flexibility index (Phi) is 5.79. The molecule has 0 aliphatic carbocycles. The molecule has 0 unspecified atom stereocenters. The van der Waals surface area contributed by atoms with Crippen molar-refractivity contribution in [2.24, 2.45) is 0 Å². The van der Waals surface area contributed by atoms with E-state index < -0.39 is 10.0 Å². The van der Waals surface area contributed by atoms with E-state index >= 15 is 0 Å². The number of rotatable bonds is 7. The van der Waals surface area contributed by atoms with Crippen LogP contribution in [0.2, 0.25) is 0 Å². The standard InChI is InChI=1S/C20H21N3O4S/c1-26-19-7-5-4-6-16(19)17-12-15(21-13-22-17)10-14-8-9-20(27-2)18(11-14)23-28(3,24)25/h4-9,11-13,23H,10H2,1-3H3. The van der Waals surface area contributed by atoms with Crippen molar-refractivity contribution in [2.45, 2.75) is 6.42 Å². The van der Waals surface area contributed by atoms with Gasteiger partial charge >= 0.3 is 0 Å². The maximum absolute atomic E-state index is 11.6. The van der Waals surface area contributed by atoms with E-state index in [4.69, 9.17) is 9.47 Å². The van der Waals surface area contributed by atoms with Gasteiger partial charge in [0.25, 0.3) is 0 Å². The second kappa shape index (κ2) is 8.26. The lowest BCUT2D eigenvalue weighted by atomic mass is 10.1. The summed E-state index contributed by atoms with van der Waals surface area (Å²) in [5.74, 6) is 1.18. The van der Waals surface area contributed by atoms with Crippen molar-refractivity contribution >= 4 is 15.7 Å². The summed E-state index contributed by atoms with van der Waals surface area (Å²) in [6, 6.07) is 14.9. The first-order valence-corrected chi connectivity index (χ1v) is 10.4. The van der Waals surface area contributed by atoms with Crippen molar-refractivity contribution in [3.8, 4) is 22.8 Å². The fourth-order valence-corrected chi connectivity index (χ4v) is 3.41. The molecule has 1 aromatic heterocycles. The summed E-state index contributed by atoms with van der Waals surface area (Å²) in [5, 5.41) is 0. The highest BCUT2D eigenvalue weighted by molar-refractivity contribution is 7.92. The molecule has 0 amide bonds. The van der Waals surface area contributed by atoms with E-state index in [2.05, 4.69) is 14.7 Å². The van der Waals surface area contributed by atoms with Gasteiger partial charge in [-0.25, -0.2) is 18.4 Å². The molecule has 0 saturated heterocycles. The van der Waals surface area contributed by atoms with Crippen molar-refractivity contribution in [1.29, 1.82) is 0 Å². The Morgan fingerprint density at radius 3 is 2.43 bits per heavy atom. The maximum Gasteiger partial charge on any atom is 0.229 e. The fourth-order valence-electron chi connectivity index (χ4n) is 2.85. The van der Waals surface area contributed by atoms with Crippen LogP contribution in [0.4, 0.5) is 5.69 Å². The average molecular weight is 399 g/mol. The Hall–Kier alpha value is -3.13. The zero-order valence-electron chi connectivity index (χ0n) is 15.8. The smallest absolute Gasteiger partial charge is 0.229 e. The Labute approximate surface area is 164 Å². The number of benzene rings is 2. The minimum Gasteiger partial charge on any atom is -0.496 e. The van der Waals surface area contributed by atoms with Crippen molar-refractivity contribution < 1.29 is 17.9 Å². The first kappa shape index (κ1) is 19.6. The van der Waals surface area contributed by atoms with Crippen LogP contribution in [0, 0.1) is 0 Å². The summed E-state index contributed by atoms with van der Waals surface area (Å²) in [4.78, 5) is 8.69. The number of aromatic nitrogens is 2. The summed E-state index contributed by atoms with van der Waals surface area (Å²) in [6.07, 6.45) is 3.12. The third-order valence-electron chi connectivity index (χ3n) is 4.05. The Bertz CT molecular complexity index is 1080. The van der Waals surface area contributed by atoms with Crippen LogP contribution < -0.4 is 14.2 Å². The van der Waals surface area contributed by atoms with Crippen LogP contribution in [-0.4, -0.2) is 38.9 Å². The van der Waals surface area contributed by atoms with E-state index in [0.717, 1.165) is 34.5 Å². The highest BCUT2D eigenvalue weighted by atomic mass is 32.2. The second-order valence-corrected chi connectivity index (χ2v) is 7.93. The zero-order valence-corrected chi connectivity index (χ0v) is 16.7. The first-order valence-electron chi connectivity index (χ1n) is 8.48. The molecule has 0 aliphatic heterocycles. The third-order valence-corrected chi connectivity index (χ3v) is 4.64. The van der Waals surface area contributed by atoms with Gasteiger partial charge < -0.3 is 9.47 Å². The summed E-state index contributed by atoms with van der Waals surface area (Å²) < 4.78 is 36.3. The molecule has 0 saturated carbocycles. The molecule has 146 valence electrons. The van der Waals surface area contributed by atoms with Gasteiger partial charge in [0.2, 0.25) is 10.0 Å². The molecule has 8 heteroatoms. The molecule has 0 radical (unpaired) electrons. The molecule has 3 aromatic rings. The number of anilines is 1. The number of ether oxygens (including phenoxy) is 2. The predicted octanol–water partition coefficient (Wildman–Crippen LogP) is 3.12. The van der Waals surface area contributed by atoms with Gasteiger partial charge in [-0.3, -0.25) is 4.72 Å². The number of nitrogens with zero attached hydrogens (tertiary/aromatic N) is 2. The molecule has 28 heavy (non-hydrogen) atoms. The number of hydrogen-bond donors (Lipinski definition) is 1. The minimum absolute atomic E-state index is 0.390. The second-order valence-electron chi connectivity index (χ2n) is 6.18. The lowest BCUT2D eigenvalue weighted by Crippen LogP contribution is -2.11. The van der Waals surface area contributed by atoms with Gasteiger partial charge in [0, 0.05) is 17.7 Å². The Balaban J connectivity index is 1.91. The molecule has 2 aromatic carbocycles. The number of hydrogen-bond acceptors (Lipinski definition) is 6. The molecule has 1 heterocycles. The molecule has 0 spiro atoms. The van der Waals surface area contributed by atoms with Gasteiger partial charge in [-0.15, -0.1) is 0 Å². The summed E-state index contributed by atoms with van der Waals surface area (Å²) in [5.41, 5.74) is 3.71. The molecule has 7 nitrogen and oxygen atoms in total. The normalized spacial score (nSPS) is 11.1. The van der Waals surface area contributed by atoms with E-state index in [-0.39, 0.29) is 0 Å². The number of nitrogens with one attached hydrogen (secondary N) is 1. The topological polar surface area (TPSA) is 90.4 Å². The van der Waals surface area contributed by atoms with E-state index in [1.54, 1.807) is 19.2 Å². The number of sulfonamides is 1. The lowest BCUT2D eigenvalue weighted by Gasteiger charge is -2.12. The van der Waals surface area contributed by atoms with Crippen LogP contribution in [-0.2, 0) is 16.4 Å². The van der Waals surface area contributed by atoms with Crippen LogP contribution in [0.5, 0.6) is 11.5 Å². The average Bonchev–Trinajstić information content (AvgIpc) is 2.67. The highest BCUT2D eigenvalue weighted by Gasteiger charge is 2.11. The fraction of sp³-hybridized carbons (Fsp3) is 0.200. The number of para-hydroxylation sites is 1. The van der Waals surface area contributed by atoms with Gasteiger partial charge in [-0.1, -0.05) is 18.2 Å². The SMILES string of the molecule is COc1ccc(Cc2cc(-c3ccccc3OC)ncn2)cc1NS(C)(=O)=O. The molecule has 0 atom stereocenters. The lowest BCUT2D eigenvalue weighted by molar-refractivity contribution is 0.416. The van der Waals surface area contributed by atoms with Crippen molar-refractivity contribution in [1.82, 2.24) is 9.97 Å². The van der Waals surface area contributed by atoms with E-state index in [1.165, 1.54) is 13.4 Å². The maximum atomic E-state index is 11.6. The monoisotopic (exact) mass is 399 g/mol. The molecule has 0 aliphatic rings. The molecule has 1 N–H and O–H groups in total. The van der Waals surface area contributed by atoms with Crippen molar-refractivity contribution in [3.63, 3.8) is 0 Å². The van der Waals surface area contributed by atoms with E-state index in [9.17, 15) is 8.42 Å². The molecule has 0 fully saturated rings. The van der Waals surface area contributed by atoms with Crippen molar-refractivity contribution in [3.05, 3.63) is 66.1 Å². The highest BCUT2D eigenvalue weighted by Crippen LogP contribution is 2.30. The minimum atomic E-state index is -3.42. The predicted molar refractivity (Wildman–Crippen MR) is 108 cm³/mol. The van der Waals surface area contributed by atoms with Crippen LogP contribution in [0.25, 0.3) is 11.3 Å². The van der Waals surface area contributed by atoms with Gasteiger partial charge in [0.15, 0.2) is 0 Å². The van der Waals surface area contributed by atoms with Crippen LogP contribution in [0.3, 0.4) is 0 Å². The summed E-state index contributed by atoms with van der Waals surface area (Å²) in [7, 11) is -0.307. The van der Waals surface area contributed by atoms with Crippen LogP contribution >= 0.6 is 0 Å². The van der Waals surface area contributed by atoms with Crippen LogP contribution in [0.1, 0.15) is 11.3 Å². The number of methoxy groups -OCH3 is 2. The largest absolute Gasteiger partial charge is 0.496 e. The summed E-state index contributed by atoms with van der Waals surface area (Å²) >= 11 is 0. The van der Waals surface area contributed by atoms with Gasteiger partial charge in [-0.2, -0.15) is 0 Å². The Morgan fingerprint density at radius 1 is 0.964 bits per heavy atom. The van der Waals surface area contributed by atoms with Crippen LogP contribution in [0.15, 0.2) is 54.9 Å². The Morgan fingerprint density at radius 2 is 1.71 bits per heavy atom. The molecule has 3 rings (SSSR count). The van der Waals surface area contributed by atoms with E-state index in [0.29, 0.717) is 17.9 Å². The van der Waals surface area contributed by atoms with Crippen molar-refractivity contribution in [2.75, 3.05) is 25.2 Å². The zero-order chi connectivity index (χ0) is 20.1. The molecular formula is C20H21N3O4S. The third kappa shape index (κ3) is 4.77. The summed E-state index contributed by atoms with van der Waals surface area (Å²) in [6.45, 7) is 0. The van der Waals surface area contributed by atoms with Gasteiger partial charge in [-0.05, 0) is 35.9 Å². The van der Waals surface area contributed by atoms with E-state index in [1.807, 2.05) is 36.4 Å². The first-order chi connectivity index (χ1) is 13.4. The van der Waals surface area contributed by atoms with Gasteiger partial charge in [0.05, 0.1) is 31.9 Å². The molecule has 0 bridgehead atoms.